The molecule has 0 saturated heterocycles. The summed E-state index contributed by atoms with van der Waals surface area (Å²) < 4.78 is 34.0. The van der Waals surface area contributed by atoms with Crippen molar-refractivity contribution in [1.29, 1.82) is 0 Å². The van der Waals surface area contributed by atoms with Crippen molar-refractivity contribution in [1.82, 2.24) is 0 Å². The Hall–Kier alpha value is -2.16. The summed E-state index contributed by atoms with van der Waals surface area (Å²) in [6.07, 6.45) is 6.19. The van der Waals surface area contributed by atoms with Gasteiger partial charge in [-0.1, -0.05) is 87.9 Å². The van der Waals surface area contributed by atoms with Crippen LogP contribution in [0.3, 0.4) is 0 Å². The van der Waals surface area contributed by atoms with Crippen LogP contribution in [0, 0.1) is 5.92 Å². The van der Waals surface area contributed by atoms with Crippen molar-refractivity contribution in [2.24, 2.45) is 5.92 Å². The molecule has 168 valence electrons. The van der Waals surface area contributed by atoms with Crippen LogP contribution >= 0.6 is 0 Å². The third-order valence-corrected chi connectivity index (χ3v) is 6.19. The van der Waals surface area contributed by atoms with E-state index < -0.39 is 12.5 Å². The van der Waals surface area contributed by atoms with E-state index in [9.17, 15) is 4.39 Å². The number of hydrogen-bond acceptors (Lipinski definition) is 1. The van der Waals surface area contributed by atoms with Crippen molar-refractivity contribution in [2.45, 2.75) is 84.2 Å². The van der Waals surface area contributed by atoms with E-state index in [0.717, 1.165) is 62.1 Å². The molecule has 3 aromatic rings. The Bertz CT molecular complexity index is 937. The lowest BCUT2D eigenvalue weighted by atomic mass is 9.94. The minimum absolute atomic E-state index is 0.110. The van der Waals surface area contributed by atoms with Gasteiger partial charge >= 0.3 is 0 Å². The van der Waals surface area contributed by atoms with Gasteiger partial charge in [-0.3, -0.25) is 0 Å². The first-order chi connectivity index (χ1) is 15.1. The summed E-state index contributed by atoms with van der Waals surface area (Å²) in [6.45, 7) is 3.76. The standard InChI is InChI=1S/C28H36F2O/c1-3-4-6-13-23(14-8-5-7-11-21(2)29)28(30)31-25-18-19-27-24(20-25)17-16-22-12-9-10-15-26(22)27/h9-10,12,15-21,23,28H,3-8,11,13-14H2,1-2H3. The fourth-order valence-corrected chi connectivity index (χ4v) is 4.36. The molecule has 31 heavy (non-hydrogen) atoms. The number of benzene rings is 3. The maximum absolute atomic E-state index is 15.2. The van der Waals surface area contributed by atoms with Crippen LogP contribution in [0.2, 0.25) is 0 Å². The van der Waals surface area contributed by atoms with Crippen molar-refractivity contribution >= 4 is 21.5 Å². The number of halogens is 2. The molecule has 0 aromatic heterocycles. The van der Waals surface area contributed by atoms with Crippen molar-refractivity contribution in [3.8, 4) is 5.75 Å². The van der Waals surface area contributed by atoms with Crippen LogP contribution in [0.15, 0.2) is 54.6 Å². The Labute approximate surface area is 185 Å². The maximum atomic E-state index is 15.2. The fraction of sp³-hybridized carbons (Fsp3) is 0.500. The zero-order valence-corrected chi connectivity index (χ0v) is 19.0. The van der Waals surface area contributed by atoms with Gasteiger partial charge in [-0.05, 0) is 59.9 Å². The SMILES string of the molecule is CCCCCC(CCCCCC(C)F)C(F)Oc1ccc2c(ccc3ccccc32)c1. The maximum Gasteiger partial charge on any atom is 0.241 e. The van der Waals surface area contributed by atoms with E-state index in [-0.39, 0.29) is 5.92 Å². The summed E-state index contributed by atoms with van der Waals surface area (Å²) in [5, 5.41) is 4.61. The van der Waals surface area contributed by atoms with Crippen LogP contribution < -0.4 is 4.74 Å². The average molecular weight is 427 g/mol. The molecular formula is C28H36F2O. The van der Waals surface area contributed by atoms with Crippen LogP contribution in [0.25, 0.3) is 21.5 Å². The lowest BCUT2D eigenvalue weighted by Gasteiger charge is -2.22. The molecule has 3 heteroatoms. The minimum atomic E-state index is -1.31. The van der Waals surface area contributed by atoms with Gasteiger partial charge in [0.1, 0.15) is 5.75 Å². The first-order valence-electron chi connectivity index (χ1n) is 11.9. The molecule has 0 spiro atoms. The monoisotopic (exact) mass is 426 g/mol. The van der Waals surface area contributed by atoms with Gasteiger partial charge in [0.05, 0.1) is 6.17 Å². The third kappa shape index (κ3) is 6.92. The molecule has 0 bridgehead atoms. The van der Waals surface area contributed by atoms with Crippen molar-refractivity contribution in [2.75, 3.05) is 0 Å². The topological polar surface area (TPSA) is 9.23 Å². The molecule has 3 rings (SSSR count). The van der Waals surface area contributed by atoms with Gasteiger partial charge in [0.25, 0.3) is 0 Å². The van der Waals surface area contributed by atoms with Crippen LogP contribution in [0.1, 0.15) is 71.6 Å². The molecule has 3 unspecified atom stereocenters. The van der Waals surface area contributed by atoms with Crippen LogP contribution in [-0.4, -0.2) is 12.5 Å². The van der Waals surface area contributed by atoms with Gasteiger partial charge < -0.3 is 4.74 Å². The number of alkyl halides is 2. The van der Waals surface area contributed by atoms with Crippen LogP contribution in [0.5, 0.6) is 5.75 Å². The second-order valence-corrected chi connectivity index (χ2v) is 8.81. The highest BCUT2D eigenvalue weighted by atomic mass is 19.1. The summed E-state index contributed by atoms with van der Waals surface area (Å²) in [5.41, 5.74) is 0. The third-order valence-electron chi connectivity index (χ3n) is 6.19. The van der Waals surface area contributed by atoms with E-state index in [4.69, 9.17) is 4.74 Å². The normalized spacial score (nSPS) is 14.6. The Kier molecular flexibility index (Phi) is 9.12. The molecule has 0 saturated carbocycles. The largest absolute Gasteiger partial charge is 0.460 e. The summed E-state index contributed by atoms with van der Waals surface area (Å²) in [4.78, 5) is 0. The van der Waals surface area contributed by atoms with E-state index >= 15 is 4.39 Å². The van der Waals surface area contributed by atoms with Gasteiger partial charge in [-0.25, -0.2) is 8.78 Å². The Balaban J connectivity index is 1.65. The number of unbranched alkanes of at least 4 members (excludes halogenated alkanes) is 4. The zero-order chi connectivity index (χ0) is 22.1. The predicted octanol–water partition coefficient (Wildman–Crippen LogP) is 9.17. The fourth-order valence-electron chi connectivity index (χ4n) is 4.36. The molecule has 0 aliphatic rings. The summed E-state index contributed by atoms with van der Waals surface area (Å²) >= 11 is 0. The second kappa shape index (κ2) is 12.0. The molecule has 0 fully saturated rings. The summed E-state index contributed by atoms with van der Waals surface area (Å²) in [7, 11) is 0. The molecule has 0 amide bonds. The van der Waals surface area contributed by atoms with E-state index in [1.165, 1.54) is 10.8 Å². The number of rotatable bonds is 13. The van der Waals surface area contributed by atoms with E-state index in [1.807, 2.05) is 30.3 Å². The Morgan fingerprint density at radius 3 is 2.19 bits per heavy atom. The highest BCUT2D eigenvalue weighted by molar-refractivity contribution is 6.07. The highest BCUT2D eigenvalue weighted by Gasteiger charge is 2.22. The molecule has 1 nitrogen and oxygen atoms in total. The average Bonchev–Trinajstić information content (AvgIpc) is 2.77. The molecule has 0 heterocycles. The van der Waals surface area contributed by atoms with Gasteiger partial charge in [-0.15, -0.1) is 0 Å². The minimum Gasteiger partial charge on any atom is -0.460 e. The van der Waals surface area contributed by atoms with E-state index in [0.29, 0.717) is 12.2 Å². The second-order valence-electron chi connectivity index (χ2n) is 8.81. The number of ether oxygens (including phenoxy) is 1. The first kappa shape index (κ1) is 23.5. The predicted molar refractivity (Wildman–Crippen MR) is 128 cm³/mol. The van der Waals surface area contributed by atoms with Gasteiger partial charge in [0.2, 0.25) is 6.36 Å². The van der Waals surface area contributed by atoms with Crippen molar-refractivity contribution in [3.05, 3.63) is 54.6 Å². The summed E-state index contributed by atoms with van der Waals surface area (Å²) in [6, 6.07) is 18.3. The molecule has 3 aromatic carbocycles. The van der Waals surface area contributed by atoms with Crippen molar-refractivity contribution in [3.63, 3.8) is 0 Å². The van der Waals surface area contributed by atoms with Gasteiger partial charge in [0.15, 0.2) is 0 Å². The van der Waals surface area contributed by atoms with Crippen LogP contribution in [0.4, 0.5) is 8.78 Å². The number of hydrogen-bond donors (Lipinski definition) is 0. The Morgan fingerprint density at radius 2 is 1.42 bits per heavy atom. The lowest BCUT2D eigenvalue weighted by molar-refractivity contribution is 0.00333. The highest BCUT2D eigenvalue weighted by Crippen LogP contribution is 2.31. The quantitative estimate of drug-likeness (QED) is 0.195. The van der Waals surface area contributed by atoms with Gasteiger partial charge in [-0.2, -0.15) is 0 Å². The van der Waals surface area contributed by atoms with E-state index in [1.54, 1.807) is 6.92 Å². The molecule has 3 atom stereocenters. The molecular weight excluding hydrogens is 390 g/mol. The first-order valence-corrected chi connectivity index (χ1v) is 11.9. The van der Waals surface area contributed by atoms with Gasteiger partial charge in [0, 0.05) is 5.92 Å². The number of fused-ring (bicyclic) bond motifs is 3. The Morgan fingerprint density at radius 1 is 0.742 bits per heavy atom. The zero-order valence-electron chi connectivity index (χ0n) is 19.0. The molecule has 0 aliphatic carbocycles. The van der Waals surface area contributed by atoms with E-state index in [2.05, 4.69) is 31.2 Å². The molecule has 0 radical (unpaired) electrons. The van der Waals surface area contributed by atoms with Crippen LogP contribution in [-0.2, 0) is 0 Å². The molecule has 0 N–H and O–H groups in total. The lowest BCUT2D eigenvalue weighted by Crippen LogP contribution is -2.22. The molecule has 0 aliphatic heterocycles. The smallest absolute Gasteiger partial charge is 0.241 e. The summed E-state index contributed by atoms with van der Waals surface area (Å²) in [5.74, 6) is 0.476. The van der Waals surface area contributed by atoms with Crippen molar-refractivity contribution < 1.29 is 13.5 Å².